The van der Waals surface area contributed by atoms with Gasteiger partial charge in [0.25, 0.3) is 5.91 Å². The van der Waals surface area contributed by atoms with E-state index in [1.807, 2.05) is 33.8 Å². The van der Waals surface area contributed by atoms with Crippen LogP contribution in [0.4, 0.5) is 4.79 Å². The molecule has 1 aromatic carbocycles. The highest BCUT2D eigenvalue weighted by Crippen LogP contribution is 2.35. The zero-order chi connectivity index (χ0) is 20.1. The van der Waals surface area contributed by atoms with Crippen molar-refractivity contribution in [3.05, 3.63) is 30.0 Å². The highest BCUT2D eigenvalue weighted by atomic mass is 16.4. The quantitative estimate of drug-likeness (QED) is 0.862. The van der Waals surface area contributed by atoms with Gasteiger partial charge in [0.15, 0.2) is 0 Å². The molecule has 0 spiro atoms. The lowest BCUT2D eigenvalue weighted by molar-refractivity contribution is 0.0287. The lowest BCUT2D eigenvalue weighted by Crippen LogP contribution is -2.53. The summed E-state index contributed by atoms with van der Waals surface area (Å²) >= 11 is 0. The maximum absolute atomic E-state index is 13.2. The average molecular weight is 384 g/mol. The van der Waals surface area contributed by atoms with Gasteiger partial charge in [-0.2, -0.15) is 5.10 Å². The van der Waals surface area contributed by atoms with Crippen molar-refractivity contribution in [2.75, 3.05) is 19.6 Å². The first-order chi connectivity index (χ1) is 13.3. The summed E-state index contributed by atoms with van der Waals surface area (Å²) in [6, 6.07) is 7.73. The Labute approximate surface area is 164 Å². The number of carboxylic acid groups (broad SMARTS) is 1. The van der Waals surface area contributed by atoms with Gasteiger partial charge in [-0.3, -0.25) is 9.48 Å². The van der Waals surface area contributed by atoms with Crippen molar-refractivity contribution in [3.63, 3.8) is 0 Å². The van der Waals surface area contributed by atoms with Crippen molar-refractivity contribution >= 4 is 22.9 Å². The van der Waals surface area contributed by atoms with Crippen LogP contribution in [0.1, 0.15) is 44.1 Å². The number of hydrogen-bond donors (Lipinski definition) is 1. The van der Waals surface area contributed by atoms with Crippen molar-refractivity contribution in [3.8, 4) is 0 Å². The first-order valence-corrected chi connectivity index (χ1v) is 10.00. The van der Waals surface area contributed by atoms with Crippen molar-refractivity contribution < 1.29 is 14.7 Å². The summed E-state index contributed by atoms with van der Waals surface area (Å²) in [6.45, 7) is 8.83. The highest BCUT2D eigenvalue weighted by molar-refractivity contribution is 6.05. The molecule has 0 aliphatic carbocycles. The van der Waals surface area contributed by atoms with Gasteiger partial charge in [0, 0.05) is 31.1 Å². The summed E-state index contributed by atoms with van der Waals surface area (Å²) in [5, 5.41) is 15.0. The Morgan fingerprint density at radius 1 is 1.21 bits per heavy atom. The molecule has 1 aromatic heterocycles. The second kappa shape index (κ2) is 6.79. The molecule has 4 rings (SSSR count). The number of nitrogens with zero attached hydrogens (tertiary/aromatic N) is 4. The van der Waals surface area contributed by atoms with Crippen LogP contribution in [0.25, 0.3) is 10.9 Å². The van der Waals surface area contributed by atoms with Crippen LogP contribution in [0.15, 0.2) is 24.3 Å². The molecule has 0 saturated carbocycles. The summed E-state index contributed by atoms with van der Waals surface area (Å²) < 4.78 is 1.83. The summed E-state index contributed by atoms with van der Waals surface area (Å²) in [5.74, 6) is 0.345. The summed E-state index contributed by atoms with van der Waals surface area (Å²) in [5.41, 5.74) is 1.41. The fourth-order valence-corrected chi connectivity index (χ4v) is 4.67. The van der Waals surface area contributed by atoms with E-state index in [2.05, 4.69) is 25.9 Å². The van der Waals surface area contributed by atoms with E-state index >= 15 is 0 Å². The van der Waals surface area contributed by atoms with E-state index in [4.69, 9.17) is 0 Å². The number of likely N-dealkylation sites (tertiary alicyclic amines) is 1. The maximum atomic E-state index is 13.2. The fourth-order valence-electron chi connectivity index (χ4n) is 4.67. The minimum absolute atomic E-state index is 0.0324. The van der Waals surface area contributed by atoms with Gasteiger partial charge in [-0.15, -0.1) is 0 Å². The van der Waals surface area contributed by atoms with Gasteiger partial charge in [-0.25, -0.2) is 4.79 Å². The molecule has 0 bridgehead atoms. The number of rotatable bonds is 2. The van der Waals surface area contributed by atoms with Crippen LogP contribution < -0.4 is 0 Å². The average Bonchev–Trinajstić information content (AvgIpc) is 3.02. The van der Waals surface area contributed by atoms with Gasteiger partial charge < -0.3 is 14.9 Å². The van der Waals surface area contributed by atoms with Gasteiger partial charge in [-0.1, -0.05) is 39.0 Å². The standard InChI is InChI=1S/C21H28N4O3/c1-21(2,3)17-12-14(8-9-24(17)20(27)28)13-23-10-11-25-18(19(23)26)15-6-4-5-7-16(15)22-25/h4-7,14,17H,8-13H2,1-3H3,(H,27,28). The second-order valence-electron chi connectivity index (χ2n) is 9.09. The Morgan fingerprint density at radius 2 is 1.96 bits per heavy atom. The van der Waals surface area contributed by atoms with Crippen LogP contribution in [-0.4, -0.2) is 62.4 Å². The molecule has 28 heavy (non-hydrogen) atoms. The number of hydrogen-bond acceptors (Lipinski definition) is 3. The largest absolute Gasteiger partial charge is 0.465 e. The third-order valence-electron chi connectivity index (χ3n) is 6.15. The van der Waals surface area contributed by atoms with Crippen LogP contribution in [0.2, 0.25) is 0 Å². The summed E-state index contributed by atoms with van der Waals surface area (Å²) in [6.07, 6.45) is 0.741. The molecule has 0 radical (unpaired) electrons. The van der Waals surface area contributed by atoms with Crippen molar-refractivity contribution in [1.82, 2.24) is 19.6 Å². The van der Waals surface area contributed by atoms with Gasteiger partial charge in [0.2, 0.25) is 0 Å². The molecule has 2 aromatic rings. The third-order valence-corrected chi connectivity index (χ3v) is 6.15. The Balaban J connectivity index is 1.52. The minimum Gasteiger partial charge on any atom is -0.465 e. The number of piperidine rings is 1. The number of benzene rings is 1. The van der Waals surface area contributed by atoms with Crippen LogP contribution in [0, 0.1) is 11.3 Å². The molecule has 2 unspecified atom stereocenters. The molecule has 150 valence electrons. The normalized spacial score (nSPS) is 23.2. The third kappa shape index (κ3) is 3.23. The van der Waals surface area contributed by atoms with Crippen molar-refractivity contribution in [2.45, 2.75) is 46.2 Å². The molecular formula is C21H28N4O3. The molecule has 7 nitrogen and oxygen atoms in total. The van der Waals surface area contributed by atoms with Gasteiger partial charge in [-0.05, 0) is 30.2 Å². The van der Waals surface area contributed by atoms with E-state index in [1.165, 1.54) is 0 Å². The molecule has 2 atom stereocenters. The molecular weight excluding hydrogens is 356 g/mol. The SMILES string of the molecule is CC(C)(C)C1CC(CN2CCn3nc4ccccc4c3C2=O)CCN1C(=O)O. The monoisotopic (exact) mass is 384 g/mol. The maximum Gasteiger partial charge on any atom is 0.407 e. The van der Waals surface area contributed by atoms with E-state index in [0.29, 0.717) is 37.8 Å². The van der Waals surface area contributed by atoms with E-state index < -0.39 is 6.09 Å². The predicted molar refractivity (Wildman–Crippen MR) is 106 cm³/mol. The highest BCUT2D eigenvalue weighted by Gasteiger charge is 2.40. The van der Waals surface area contributed by atoms with Crippen molar-refractivity contribution in [1.29, 1.82) is 0 Å². The number of aromatic nitrogens is 2. The smallest absolute Gasteiger partial charge is 0.407 e. The summed E-state index contributed by atoms with van der Waals surface area (Å²) in [7, 11) is 0. The molecule has 2 amide bonds. The van der Waals surface area contributed by atoms with E-state index in [-0.39, 0.29) is 17.4 Å². The van der Waals surface area contributed by atoms with Gasteiger partial charge >= 0.3 is 6.09 Å². The van der Waals surface area contributed by atoms with Crippen molar-refractivity contribution in [2.24, 2.45) is 11.3 Å². The van der Waals surface area contributed by atoms with Gasteiger partial charge in [0.1, 0.15) is 5.69 Å². The molecule has 7 heteroatoms. The number of carbonyl (C=O) groups is 2. The summed E-state index contributed by atoms with van der Waals surface area (Å²) in [4.78, 5) is 28.3. The Bertz CT molecular complexity index is 914. The zero-order valence-electron chi connectivity index (χ0n) is 16.8. The topological polar surface area (TPSA) is 78.7 Å². The van der Waals surface area contributed by atoms with E-state index in [0.717, 1.165) is 23.7 Å². The molecule has 2 aliphatic rings. The lowest BCUT2D eigenvalue weighted by atomic mass is 9.77. The molecule has 1 saturated heterocycles. The molecule has 1 fully saturated rings. The van der Waals surface area contributed by atoms with E-state index in [9.17, 15) is 14.7 Å². The Kier molecular flexibility index (Phi) is 4.56. The first-order valence-electron chi connectivity index (χ1n) is 10.00. The molecule has 1 N–H and O–H groups in total. The van der Waals surface area contributed by atoms with Gasteiger partial charge in [0.05, 0.1) is 12.1 Å². The van der Waals surface area contributed by atoms with Crippen LogP contribution in [-0.2, 0) is 6.54 Å². The Hall–Kier alpha value is -2.57. The number of amides is 2. The Morgan fingerprint density at radius 3 is 2.68 bits per heavy atom. The predicted octanol–water partition coefficient (Wildman–Crippen LogP) is 3.30. The van der Waals surface area contributed by atoms with Crippen LogP contribution >= 0.6 is 0 Å². The molecule has 2 aliphatic heterocycles. The zero-order valence-corrected chi connectivity index (χ0v) is 16.8. The second-order valence-corrected chi connectivity index (χ2v) is 9.09. The molecule has 3 heterocycles. The fraction of sp³-hybridized carbons (Fsp3) is 0.571. The van der Waals surface area contributed by atoms with Crippen LogP contribution in [0.5, 0.6) is 0 Å². The number of fused-ring (bicyclic) bond motifs is 3. The van der Waals surface area contributed by atoms with Crippen LogP contribution in [0.3, 0.4) is 0 Å². The van der Waals surface area contributed by atoms with E-state index in [1.54, 1.807) is 4.90 Å². The number of carbonyl (C=O) groups excluding carboxylic acids is 1. The first kappa shape index (κ1) is 18.8. The lowest BCUT2D eigenvalue weighted by Gasteiger charge is -2.45. The minimum atomic E-state index is -0.845.